The molecule has 0 atom stereocenters. The number of benzene rings is 1. The van der Waals surface area contributed by atoms with Crippen molar-refractivity contribution < 1.29 is 14.2 Å². The summed E-state index contributed by atoms with van der Waals surface area (Å²) >= 11 is 0. The normalized spacial score (nSPS) is 13.1. The summed E-state index contributed by atoms with van der Waals surface area (Å²) < 4.78 is 16.1. The van der Waals surface area contributed by atoms with Crippen LogP contribution in [-0.2, 0) is 0 Å². The molecule has 5 heteroatoms. The number of hydrogen-bond donors (Lipinski definition) is 1. The van der Waals surface area contributed by atoms with Crippen LogP contribution in [0.3, 0.4) is 0 Å². The molecule has 0 radical (unpaired) electrons. The van der Waals surface area contributed by atoms with Gasteiger partial charge in [0.2, 0.25) is 6.79 Å². The quantitative estimate of drug-likeness (QED) is 0.790. The minimum Gasteiger partial charge on any atom is -0.492 e. The van der Waals surface area contributed by atoms with Crippen LogP contribution in [0, 0.1) is 0 Å². The monoisotopic (exact) mass is 238 g/mol. The summed E-state index contributed by atoms with van der Waals surface area (Å²) in [7, 11) is 2.02. The second-order valence-corrected chi connectivity index (χ2v) is 3.96. The average Bonchev–Trinajstić information content (AvgIpc) is 2.76. The lowest BCUT2D eigenvalue weighted by Gasteiger charge is -2.15. The summed E-state index contributed by atoms with van der Waals surface area (Å²) in [6, 6.07) is 5.60. The summed E-state index contributed by atoms with van der Waals surface area (Å²) in [5.74, 6) is 2.32. The number of nitrogens with zero attached hydrogens (tertiary/aromatic N) is 1. The van der Waals surface area contributed by atoms with Gasteiger partial charge in [-0.15, -0.1) is 0 Å². The van der Waals surface area contributed by atoms with E-state index in [-0.39, 0.29) is 6.79 Å². The Hall–Kier alpha value is -1.46. The molecule has 1 aliphatic heterocycles. The first-order valence-electron chi connectivity index (χ1n) is 5.70. The van der Waals surface area contributed by atoms with Crippen molar-refractivity contribution in [2.45, 2.75) is 0 Å². The Kier molecular flexibility index (Phi) is 4.06. The minimum absolute atomic E-state index is 0.290. The van der Waals surface area contributed by atoms with E-state index >= 15 is 0 Å². The van der Waals surface area contributed by atoms with Gasteiger partial charge in [-0.2, -0.15) is 0 Å². The molecular formula is C12H18N2O3. The number of likely N-dealkylation sites (N-methyl/N-ethyl adjacent to an activating group) is 1. The van der Waals surface area contributed by atoms with E-state index in [2.05, 4.69) is 4.90 Å². The van der Waals surface area contributed by atoms with Gasteiger partial charge in [0.15, 0.2) is 11.5 Å². The van der Waals surface area contributed by atoms with Gasteiger partial charge in [-0.25, -0.2) is 0 Å². The average molecular weight is 238 g/mol. The van der Waals surface area contributed by atoms with Gasteiger partial charge in [-0.3, -0.25) is 0 Å². The van der Waals surface area contributed by atoms with E-state index in [1.807, 2.05) is 25.2 Å². The van der Waals surface area contributed by atoms with Crippen molar-refractivity contribution >= 4 is 0 Å². The Morgan fingerprint density at radius 2 is 2.12 bits per heavy atom. The Bertz CT molecular complexity index is 371. The largest absolute Gasteiger partial charge is 0.492 e. The van der Waals surface area contributed by atoms with Crippen molar-refractivity contribution in [3.63, 3.8) is 0 Å². The third-order valence-corrected chi connectivity index (χ3v) is 2.60. The molecule has 17 heavy (non-hydrogen) atoms. The lowest BCUT2D eigenvalue weighted by molar-refractivity contribution is 0.173. The molecule has 0 amide bonds. The zero-order valence-electron chi connectivity index (χ0n) is 10.0. The number of ether oxygens (including phenoxy) is 3. The van der Waals surface area contributed by atoms with Gasteiger partial charge in [0.05, 0.1) is 0 Å². The van der Waals surface area contributed by atoms with E-state index in [1.54, 1.807) is 0 Å². The summed E-state index contributed by atoms with van der Waals surface area (Å²) in [5.41, 5.74) is 5.46. The molecule has 0 aliphatic carbocycles. The fourth-order valence-electron chi connectivity index (χ4n) is 1.62. The molecule has 1 heterocycles. The molecule has 0 spiro atoms. The van der Waals surface area contributed by atoms with Crippen LogP contribution in [0.25, 0.3) is 0 Å². The van der Waals surface area contributed by atoms with Gasteiger partial charge in [-0.1, -0.05) is 0 Å². The summed E-state index contributed by atoms with van der Waals surface area (Å²) in [6.45, 7) is 3.32. The summed E-state index contributed by atoms with van der Waals surface area (Å²) in [6.07, 6.45) is 0. The van der Waals surface area contributed by atoms with E-state index in [0.29, 0.717) is 13.2 Å². The maximum Gasteiger partial charge on any atom is 0.231 e. The van der Waals surface area contributed by atoms with Gasteiger partial charge < -0.3 is 24.8 Å². The number of fused-ring (bicyclic) bond motifs is 1. The highest BCUT2D eigenvalue weighted by molar-refractivity contribution is 5.46. The maximum absolute atomic E-state index is 5.63. The van der Waals surface area contributed by atoms with Gasteiger partial charge in [0.1, 0.15) is 12.4 Å². The van der Waals surface area contributed by atoms with Crippen LogP contribution in [0.1, 0.15) is 0 Å². The third kappa shape index (κ3) is 3.25. The van der Waals surface area contributed by atoms with Crippen LogP contribution in [0.4, 0.5) is 0 Å². The van der Waals surface area contributed by atoms with Crippen LogP contribution < -0.4 is 19.9 Å². The molecule has 94 valence electrons. The minimum atomic E-state index is 0.290. The van der Waals surface area contributed by atoms with Crippen LogP contribution in [0.5, 0.6) is 17.2 Å². The van der Waals surface area contributed by atoms with Gasteiger partial charge >= 0.3 is 0 Å². The maximum atomic E-state index is 5.63. The van der Waals surface area contributed by atoms with Crippen molar-refractivity contribution in [1.82, 2.24) is 4.90 Å². The zero-order valence-corrected chi connectivity index (χ0v) is 10.0. The predicted molar refractivity (Wildman–Crippen MR) is 64.6 cm³/mol. The van der Waals surface area contributed by atoms with E-state index < -0.39 is 0 Å². The van der Waals surface area contributed by atoms with Crippen molar-refractivity contribution in [3.05, 3.63) is 18.2 Å². The second-order valence-electron chi connectivity index (χ2n) is 3.96. The molecule has 2 N–H and O–H groups in total. The topological polar surface area (TPSA) is 57.0 Å². The molecule has 1 aromatic carbocycles. The van der Waals surface area contributed by atoms with Crippen molar-refractivity contribution in [2.24, 2.45) is 5.73 Å². The van der Waals surface area contributed by atoms with Crippen LogP contribution in [0.2, 0.25) is 0 Å². The first kappa shape index (κ1) is 12.0. The van der Waals surface area contributed by atoms with Crippen LogP contribution in [0.15, 0.2) is 18.2 Å². The Balaban J connectivity index is 1.79. The zero-order chi connectivity index (χ0) is 12.1. The standard InChI is InChI=1S/C12H18N2O3/c1-14(5-4-13)6-7-15-10-2-3-11-12(8-10)17-9-16-11/h2-3,8H,4-7,9,13H2,1H3. The van der Waals surface area contributed by atoms with E-state index in [1.165, 1.54) is 0 Å². The molecule has 5 nitrogen and oxygen atoms in total. The van der Waals surface area contributed by atoms with E-state index in [9.17, 15) is 0 Å². The van der Waals surface area contributed by atoms with Crippen LogP contribution in [-0.4, -0.2) is 45.0 Å². The Labute approximate surface area is 101 Å². The summed E-state index contributed by atoms with van der Waals surface area (Å²) in [4.78, 5) is 2.13. The van der Waals surface area contributed by atoms with E-state index in [4.69, 9.17) is 19.9 Å². The predicted octanol–water partition coefficient (Wildman–Crippen LogP) is 0.685. The van der Waals surface area contributed by atoms with Crippen molar-refractivity contribution in [3.8, 4) is 17.2 Å². The fraction of sp³-hybridized carbons (Fsp3) is 0.500. The van der Waals surface area contributed by atoms with Crippen molar-refractivity contribution in [1.29, 1.82) is 0 Å². The lowest BCUT2D eigenvalue weighted by atomic mass is 10.3. The Morgan fingerprint density at radius 1 is 1.29 bits per heavy atom. The molecule has 0 fully saturated rings. The highest BCUT2D eigenvalue weighted by Gasteiger charge is 2.13. The molecule has 0 saturated heterocycles. The molecular weight excluding hydrogens is 220 g/mol. The molecule has 0 bridgehead atoms. The molecule has 2 rings (SSSR count). The molecule has 0 aromatic heterocycles. The van der Waals surface area contributed by atoms with Crippen LogP contribution >= 0.6 is 0 Å². The lowest BCUT2D eigenvalue weighted by Crippen LogP contribution is -2.29. The van der Waals surface area contributed by atoms with E-state index in [0.717, 1.165) is 30.3 Å². The first-order valence-corrected chi connectivity index (χ1v) is 5.70. The molecule has 0 saturated carbocycles. The highest BCUT2D eigenvalue weighted by atomic mass is 16.7. The molecule has 0 unspecified atom stereocenters. The molecule has 1 aliphatic rings. The summed E-state index contributed by atoms with van der Waals surface area (Å²) in [5, 5.41) is 0. The van der Waals surface area contributed by atoms with Gasteiger partial charge in [-0.05, 0) is 19.2 Å². The molecule has 1 aromatic rings. The third-order valence-electron chi connectivity index (χ3n) is 2.60. The fourth-order valence-corrected chi connectivity index (χ4v) is 1.62. The van der Waals surface area contributed by atoms with Gasteiger partial charge in [0, 0.05) is 25.7 Å². The number of nitrogens with two attached hydrogens (primary N) is 1. The smallest absolute Gasteiger partial charge is 0.231 e. The van der Waals surface area contributed by atoms with Crippen molar-refractivity contribution in [2.75, 3.05) is 40.1 Å². The highest BCUT2D eigenvalue weighted by Crippen LogP contribution is 2.34. The number of hydrogen-bond acceptors (Lipinski definition) is 5. The van der Waals surface area contributed by atoms with Gasteiger partial charge in [0.25, 0.3) is 0 Å². The second kappa shape index (κ2) is 5.75. The SMILES string of the molecule is CN(CCN)CCOc1ccc2c(c1)OCO2. The number of rotatable bonds is 6. The Morgan fingerprint density at radius 3 is 2.94 bits per heavy atom. The first-order chi connectivity index (χ1) is 8.29.